The van der Waals surface area contributed by atoms with E-state index in [1.165, 1.54) is 18.8 Å². The Labute approximate surface area is 197 Å². The maximum absolute atomic E-state index is 13.1. The van der Waals surface area contributed by atoms with E-state index in [9.17, 15) is 18.3 Å². The highest BCUT2D eigenvalue weighted by Crippen LogP contribution is 2.63. The van der Waals surface area contributed by atoms with Crippen LogP contribution in [0.15, 0.2) is 65.8 Å². The number of hydrogen-bond acceptors (Lipinski definition) is 6. The molecule has 2 saturated carbocycles. The van der Waals surface area contributed by atoms with Crippen LogP contribution in [0.25, 0.3) is 0 Å². The summed E-state index contributed by atoms with van der Waals surface area (Å²) in [6, 6.07) is 14.1. The van der Waals surface area contributed by atoms with Gasteiger partial charge in [0.2, 0.25) is 5.95 Å². The third-order valence-corrected chi connectivity index (χ3v) is 9.00. The van der Waals surface area contributed by atoms with E-state index in [0.29, 0.717) is 17.8 Å². The van der Waals surface area contributed by atoms with Gasteiger partial charge in [-0.05, 0) is 90.5 Å². The van der Waals surface area contributed by atoms with Gasteiger partial charge in [0.1, 0.15) is 0 Å². The second-order valence-corrected chi connectivity index (χ2v) is 11.1. The van der Waals surface area contributed by atoms with Gasteiger partial charge in [-0.15, -0.1) is 0 Å². The predicted molar refractivity (Wildman–Crippen MR) is 126 cm³/mol. The number of carboxylic acid groups (broad SMARTS) is 1. The minimum atomic E-state index is -3.83. The molecule has 8 nitrogen and oxygen atoms in total. The van der Waals surface area contributed by atoms with Crippen molar-refractivity contribution in [2.45, 2.75) is 36.1 Å². The van der Waals surface area contributed by atoms with Crippen molar-refractivity contribution < 1.29 is 18.3 Å². The summed E-state index contributed by atoms with van der Waals surface area (Å²) in [5, 5.41) is 12.9. The molecule has 3 aromatic rings. The van der Waals surface area contributed by atoms with Gasteiger partial charge < -0.3 is 10.4 Å². The average Bonchev–Trinajstić information content (AvgIpc) is 3.46. The molecule has 3 N–H and O–H groups in total. The van der Waals surface area contributed by atoms with Crippen molar-refractivity contribution in [3.63, 3.8) is 0 Å². The number of carbonyl (C=O) groups is 1. The van der Waals surface area contributed by atoms with Gasteiger partial charge in [0.05, 0.1) is 16.5 Å². The highest BCUT2D eigenvalue weighted by molar-refractivity contribution is 7.92. The molecule has 0 unspecified atom stereocenters. The lowest BCUT2D eigenvalue weighted by Crippen LogP contribution is -2.35. The van der Waals surface area contributed by atoms with Gasteiger partial charge in [0.25, 0.3) is 10.0 Å². The van der Waals surface area contributed by atoms with Crippen LogP contribution in [0, 0.1) is 17.8 Å². The standard InChI is InChI=1S/C25H24N4O4S/c30-24(31)15-4-2-14(3-5-15)23-22-17-7-6-16(12-17)21(22)19-13-18(8-9-20(19)28-23)34(32,33)29-25-26-10-1-11-27-25/h1-5,8-11,13,16-17,21-23,28H,6-7,12H2,(H,30,31)(H,26,27,29)/t16-,17-,21+,22+,23-/m0/s1. The van der Waals surface area contributed by atoms with Crippen LogP contribution in [0.5, 0.6) is 0 Å². The molecule has 0 amide bonds. The van der Waals surface area contributed by atoms with Crippen molar-refractivity contribution in [1.29, 1.82) is 0 Å². The van der Waals surface area contributed by atoms with Crippen LogP contribution in [-0.4, -0.2) is 29.5 Å². The van der Waals surface area contributed by atoms with Gasteiger partial charge in [-0.25, -0.2) is 27.9 Å². The molecule has 2 bridgehead atoms. The molecule has 3 aliphatic rings. The number of anilines is 2. The van der Waals surface area contributed by atoms with Gasteiger partial charge in [0, 0.05) is 18.1 Å². The molecule has 2 fully saturated rings. The monoisotopic (exact) mass is 476 g/mol. The summed E-state index contributed by atoms with van der Waals surface area (Å²) in [7, 11) is -3.83. The van der Waals surface area contributed by atoms with Crippen molar-refractivity contribution >= 4 is 27.6 Å². The fourth-order valence-corrected chi connectivity index (χ4v) is 7.32. The number of carboxylic acids is 1. The Bertz CT molecular complexity index is 1360. The topological polar surface area (TPSA) is 121 Å². The van der Waals surface area contributed by atoms with Gasteiger partial charge in [-0.1, -0.05) is 12.1 Å². The smallest absolute Gasteiger partial charge is 0.335 e. The fraction of sp³-hybridized carbons (Fsp3) is 0.320. The predicted octanol–water partition coefficient (Wildman–Crippen LogP) is 4.27. The minimum absolute atomic E-state index is 0.0426. The Hall–Kier alpha value is -3.46. The fourth-order valence-electron chi connectivity index (χ4n) is 6.33. The molecule has 34 heavy (non-hydrogen) atoms. The number of nitrogens with one attached hydrogen (secondary N) is 2. The molecule has 0 radical (unpaired) electrons. The molecule has 9 heteroatoms. The Balaban J connectivity index is 1.37. The summed E-state index contributed by atoms with van der Waals surface area (Å²) in [6.07, 6.45) is 6.46. The number of aromatic nitrogens is 2. The van der Waals surface area contributed by atoms with Gasteiger partial charge in [0.15, 0.2) is 0 Å². The molecule has 0 saturated heterocycles. The van der Waals surface area contributed by atoms with Crippen LogP contribution < -0.4 is 10.0 Å². The number of sulfonamides is 1. The Morgan fingerprint density at radius 1 is 1.03 bits per heavy atom. The van der Waals surface area contributed by atoms with Crippen molar-refractivity contribution in [2.75, 3.05) is 10.0 Å². The molecule has 2 aromatic carbocycles. The summed E-state index contributed by atoms with van der Waals surface area (Å²) in [5.74, 6) is 0.805. The zero-order valence-corrected chi connectivity index (χ0v) is 19.1. The van der Waals surface area contributed by atoms with Gasteiger partial charge in [-0.3, -0.25) is 0 Å². The maximum atomic E-state index is 13.1. The number of hydrogen-bond donors (Lipinski definition) is 3. The molecule has 174 valence electrons. The summed E-state index contributed by atoms with van der Waals surface area (Å²) in [6.45, 7) is 0. The SMILES string of the molecule is O=C(O)c1ccc([C@@H]2Nc3ccc(S(=O)(=O)Nc4ncccn4)cc3[C@H]3[C@H]4CC[C@@H](C4)[C@H]32)cc1. The summed E-state index contributed by atoms with van der Waals surface area (Å²) in [4.78, 5) is 19.4. The van der Waals surface area contributed by atoms with E-state index in [0.717, 1.165) is 29.7 Å². The summed E-state index contributed by atoms with van der Waals surface area (Å²) >= 11 is 0. The van der Waals surface area contributed by atoms with E-state index in [4.69, 9.17) is 0 Å². The van der Waals surface area contributed by atoms with Crippen LogP contribution in [-0.2, 0) is 10.0 Å². The van der Waals surface area contributed by atoms with E-state index in [1.54, 1.807) is 30.3 Å². The first-order chi connectivity index (χ1) is 16.4. The first-order valence-electron chi connectivity index (χ1n) is 11.4. The van der Waals surface area contributed by atoms with Crippen LogP contribution in [0.4, 0.5) is 11.6 Å². The lowest BCUT2D eigenvalue weighted by atomic mass is 9.68. The normalized spacial score (nSPS) is 26.9. The summed E-state index contributed by atoms with van der Waals surface area (Å²) < 4.78 is 28.6. The van der Waals surface area contributed by atoms with Gasteiger partial charge >= 0.3 is 5.97 Å². The number of rotatable bonds is 5. The lowest BCUT2D eigenvalue weighted by molar-refractivity contribution is 0.0697. The molecule has 1 aromatic heterocycles. The van der Waals surface area contributed by atoms with Crippen molar-refractivity contribution in [3.8, 4) is 0 Å². The van der Waals surface area contributed by atoms with Crippen molar-refractivity contribution in [1.82, 2.24) is 9.97 Å². The van der Waals surface area contributed by atoms with Crippen LogP contribution in [0.1, 0.15) is 52.7 Å². The highest BCUT2D eigenvalue weighted by atomic mass is 32.2. The van der Waals surface area contributed by atoms with E-state index >= 15 is 0 Å². The number of fused-ring (bicyclic) bond motifs is 7. The largest absolute Gasteiger partial charge is 0.478 e. The number of nitrogens with zero attached hydrogens (tertiary/aromatic N) is 2. The first-order valence-corrected chi connectivity index (χ1v) is 12.9. The Kier molecular flexibility index (Phi) is 4.84. The molecule has 0 spiro atoms. The van der Waals surface area contributed by atoms with E-state index in [2.05, 4.69) is 20.0 Å². The van der Waals surface area contributed by atoms with Crippen LogP contribution >= 0.6 is 0 Å². The minimum Gasteiger partial charge on any atom is -0.478 e. The van der Waals surface area contributed by atoms with Crippen molar-refractivity contribution in [3.05, 3.63) is 77.6 Å². The molecule has 2 heterocycles. The molecule has 5 atom stereocenters. The second kappa shape index (κ2) is 7.80. The number of aromatic carboxylic acids is 1. The lowest BCUT2D eigenvalue weighted by Gasteiger charge is -2.43. The second-order valence-electron chi connectivity index (χ2n) is 9.41. The third kappa shape index (κ3) is 3.42. The third-order valence-electron chi connectivity index (χ3n) is 7.68. The average molecular weight is 477 g/mol. The highest BCUT2D eigenvalue weighted by Gasteiger charge is 2.53. The van der Waals surface area contributed by atoms with Crippen LogP contribution in [0.3, 0.4) is 0 Å². The summed E-state index contributed by atoms with van der Waals surface area (Å²) in [5.41, 5.74) is 3.33. The van der Waals surface area contributed by atoms with E-state index in [-0.39, 0.29) is 28.4 Å². The first kappa shape index (κ1) is 21.1. The quantitative estimate of drug-likeness (QED) is 0.503. The van der Waals surface area contributed by atoms with Gasteiger partial charge in [-0.2, -0.15) is 0 Å². The van der Waals surface area contributed by atoms with E-state index in [1.807, 2.05) is 18.2 Å². The number of benzene rings is 2. The molecular weight excluding hydrogens is 452 g/mol. The van der Waals surface area contributed by atoms with E-state index < -0.39 is 16.0 Å². The zero-order valence-electron chi connectivity index (χ0n) is 18.3. The zero-order chi connectivity index (χ0) is 23.4. The Morgan fingerprint density at radius 3 is 2.50 bits per heavy atom. The maximum Gasteiger partial charge on any atom is 0.335 e. The van der Waals surface area contributed by atoms with Crippen LogP contribution in [0.2, 0.25) is 0 Å². The molecular formula is C25H24N4O4S. The Morgan fingerprint density at radius 2 is 1.76 bits per heavy atom. The van der Waals surface area contributed by atoms with Crippen molar-refractivity contribution in [2.24, 2.45) is 17.8 Å². The molecule has 6 rings (SSSR count). The molecule has 1 aliphatic heterocycles. The molecule has 2 aliphatic carbocycles.